The van der Waals surface area contributed by atoms with Crippen LogP contribution >= 0.6 is 0 Å². The number of carbonyl (C=O) groups is 1. The molecule has 1 saturated heterocycles. The van der Waals surface area contributed by atoms with E-state index < -0.39 is 5.97 Å². The summed E-state index contributed by atoms with van der Waals surface area (Å²) in [5.41, 5.74) is 2.85. The van der Waals surface area contributed by atoms with E-state index in [-0.39, 0.29) is 17.4 Å². The predicted molar refractivity (Wildman–Crippen MR) is 123 cm³/mol. The van der Waals surface area contributed by atoms with Crippen LogP contribution in [0.4, 0.5) is 10.1 Å². The number of pyridine rings is 1. The van der Waals surface area contributed by atoms with Crippen LogP contribution in [0.25, 0.3) is 16.7 Å². The Morgan fingerprint density at radius 3 is 2.56 bits per heavy atom. The van der Waals surface area contributed by atoms with Crippen molar-refractivity contribution in [3.63, 3.8) is 0 Å². The summed E-state index contributed by atoms with van der Waals surface area (Å²) in [6.07, 6.45) is 2.12. The second-order valence-electron chi connectivity index (χ2n) is 8.64. The van der Waals surface area contributed by atoms with E-state index in [4.69, 9.17) is 5.10 Å². The normalized spacial score (nSPS) is 15.5. The number of fused-ring (bicyclic) bond motifs is 1. The highest BCUT2D eigenvalue weighted by molar-refractivity contribution is 5.98. The van der Waals surface area contributed by atoms with Gasteiger partial charge in [0.15, 0.2) is 11.3 Å². The molecule has 1 aromatic carbocycles. The predicted octanol–water partition coefficient (Wildman–Crippen LogP) is 4.30. The van der Waals surface area contributed by atoms with Crippen LogP contribution in [0.15, 0.2) is 30.3 Å². The van der Waals surface area contributed by atoms with Gasteiger partial charge in [-0.05, 0) is 62.2 Å². The van der Waals surface area contributed by atoms with Gasteiger partial charge < -0.3 is 14.9 Å². The lowest BCUT2D eigenvalue weighted by Crippen LogP contribution is -2.31. The molecule has 8 heteroatoms. The van der Waals surface area contributed by atoms with Crippen molar-refractivity contribution in [3.8, 4) is 5.69 Å². The zero-order valence-corrected chi connectivity index (χ0v) is 18.9. The average molecular weight is 440 g/mol. The molecule has 1 aliphatic heterocycles. The number of rotatable bonds is 6. The molecule has 0 unspecified atom stereocenters. The topological polar surface area (TPSA) is 74.5 Å². The molecule has 0 spiro atoms. The Kier molecular flexibility index (Phi) is 6.41. The summed E-state index contributed by atoms with van der Waals surface area (Å²) in [6.45, 7) is 11.0. The molecule has 3 aromatic rings. The number of aromatic nitrogens is 3. The lowest BCUT2D eigenvalue weighted by atomic mass is 10.0. The molecule has 0 aliphatic carbocycles. The Balaban J connectivity index is 1.90. The third kappa shape index (κ3) is 4.32. The number of hydrogen-bond donors (Lipinski definition) is 1. The fourth-order valence-corrected chi connectivity index (χ4v) is 4.40. The summed E-state index contributed by atoms with van der Waals surface area (Å²) in [5, 5.41) is 15.5. The van der Waals surface area contributed by atoms with Crippen molar-refractivity contribution in [1.82, 2.24) is 19.7 Å². The molecular formula is C24H30FN5O2. The van der Waals surface area contributed by atoms with E-state index in [0.29, 0.717) is 11.3 Å². The van der Waals surface area contributed by atoms with Crippen molar-refractivity contribution >= 4 is 22.7 Å². The van der Waals surface area contributed by atoms with Crippen molar-refractivity contribution in [3.05, 3.63) is 47.5 Å². The molecular weight excluding hydrogens is 409 g/mol. The van der Waals surface area contributed by atoms with Gasteiger partial charge in [0.1, 0.15) is 5.82 Å². The van der Waals surface area contributed by atoms with E-state index in [2.05, 4.69) is 35.6 Å². The van der Waals surface area contributed by atoms with Gasteiger partial charge in [0.2, 0.25) is 0 Å². The Labute approximate surface area is 187 Å². The molecule has 32 heavy (non-hydrogen) atoms. The number of carboxylic acid groups (broad SMARTS) is 1. The van der Waals surface area contributed by atoms with Crippen molar-refractivity contribution in [1.29, 1.82) is 0 Å². The minimum Gasteiger partial charge on any atom is -0.477 e. The molecule has 3 heterocycles. The summed E-state index contributed by atoms with van der Waals surface area (Å²) in [6, 6.07) is 7.70. The average Bonchev–Trinajstić information content (AvgIpc) is 3.00. The first-order valence-electron chi connectivity index (χ1n) is 11.3. The number of nitrogens with zero attached hydrogens (tertiary/aromatic N) is 5. The van der Waals surface area contributed by atoms with E-state index in [0.717, 1.165) is 62.3 Å². The first-order valence-corrected chi connectivity index (χ1v) is 11.3. The van der Waals surface area contributed by atoms with Crippen LogP contribution in [0.5, 0.6) is 0 Å². The van der Waals surface area contributed by atoms with Gasteiger partial charge in [-0.1, -0.05) is 20.8 Å². The monoisotopic (exact) mass is 439 g/mol. The van der Waals surface area contributed by atoms with Crippen molar-refractivity contribution in [2.45, 2.75) is 39.5 Å². The first kappa shape index (κ1) is 22.2. The van der Waals surface area contributed by atoms with Gasteiger partial charge >= 0.3 is 5.97 Å². The molecule has 7 nitrogen and oxygen atoms in total. The van der Waals surface area contributed by atoms with Crippen LogP contribution in [0, 0.1) is 5.82 Å². The van der Waals surface area contributed by atoms with Crippen LogP contribution in [0.2, 0.25) is 0 Å². The summed E-state index contributed by atoms with van der Waals surface area (Å²) >= 11 is 0. The van der Waals surface area contributed by atoms with Crippen LogP contribution in [-0.4, -0.2) is 63.5 Å². The van der Waals surface area contributed by atoms with E-state index in [1.54, 1.807) is 22.9 Å². The maximum atomic E-state index is 13.5. The second kappa shape index (κ2) is 9.24. The smallest absolute Gasteiger partial charge is 0.354 e. The van der Waals surface area contributed by atoms with Crippen LogP contribution in [-0.2, 0) is 0 Å². The van der Waals surface area contributed by atoms with Crippen LogP contribution in [0.1, 0.15) is 55.7 Å². The van der Waals surface area contributed by atoms with Crippen LogP contribution in [0.3, 0.4) is 0 Å². The Morgan fingerprint density at radius 2 is 1.91 bits per heavy atom. The fourth-order valence-electron chi connectivity index (χ4n) is 4.40. The van der Waals surface area contributed by atoms with E-state index in [1.807, 2.05) is 0 Å². The van der Waals surface area contributed by atoms with E-state index >= 15 is 0 Å². The molecule has 1 N–H and O–H groups in total. The molecule has 170 valence electrons. The molecule has 0 saturated carbocycles. The molecule has 2 aromatic heterocycles. The highest BCUT2D eigenvalue weighted by Crippen LogP contribution is 2.35. The van der Waals surface area contributed by atoms with Crippen molar-refractivity contribution < 1.29 is 14.3 Å². The number of anilines is 1. The number of carboxylic acids is 1. The van der Waals surface area contributed by atoms with Crippen LogP contribution < -0.4 is 4.90 Å². The number of hydrogen-bond acceptors (Lipinski definition) is 5. The Bertz CT molecular complexity index is 1110. The number of aromatic carboxylic acids is 1. The molecule has 1 fully saturated rings. The lowest BCUT2D eigenvalue weighted by Gasteiger charge is -2.25. The summed E-state index contributed by atoms with van der Waals surface area (Å²) < 4.78 is 15.2. The molecule has 0 radical (unpaired) electrons. The highest BCUT2D eigenvalue weighted by Gasteiger charge is 2.26. The van der Waals surface area contributed by atoms with Gasteiger partial charge in [-0.2, -0.15) is 5.10 Å². The van der Waals surface area contributed by atoms with E-state index in [1.165, 1.54) is 12.1 Å². The maximum Gasteiger partial charge on any atom is 0.354 e. The first-order chi connectivity index (χ1) is 15.4. The van der Waals surface area contributed by atoms with Crippen molar-refractivity contribution in [2.75, 3.05) is 37.6 Å². The highest BCUT2D eigenvalue weighted by atomic mass is 19.1. The minimum absolute atomic E-state index is 0.0132. The summed E-state index contributed by atoms with van der Waals surface area (Å²) in [5.74, 6) is -1.30. The zero-order valence-electron chi connectivity index (χ0n) is 18.9. The maximum absolute atomic E-state index is 13.5. The molecule has 0 amide bonds. The van der Waals surface area contributed by atoms with Gasteiger partial charge in [-0.3, -0.25) is 0 Å². The largest absolute Gasteiger partial charge is 0.477 e. The van der Waals surface area contributed by atoms with Gasteiger partial charge in [0.25, 0.3) is 0 Å². The molecule has 1 aliphatic rings. The van der Waals surface area contributed by atoms with Gasteiger partial charge in [-0.25, -0.2) is 18.9 Å². The third-order valence-electron chi connectivity index (χ3n) is 5.95. The quantitative estimate of drug-likeness (QED) is 0.617. The molecule has 0 bridgehead atoms. The number of benzene rings is 1. The zero-order chi connectivity index (χ0) is 22.8. The lowest BCUT2D eigenvalue weighted by molar-refractivity contribution is 0.0691. The Morgan fingerprint density at radius 1 is 1.16 bits per heavy atom. The fraction of sp³-hybridized carbons (Fsp3) is 0.458. The molecule has 0 atom stereocenters. The van der Waals surface area contributed by atoms with Crippen molar-refractivity contribution in [2.24, 2.45) is 0 Å². The third-order valence-corrected chi connectivity index (χ3v) is 5.95. The summed E-state index contributed by atoms with van der Waals surface area (Å²) in [4.78, 5) is 21.2. The SMILES string of the molecule is CCCN1CCCN(c2cc(C(=O)O)nc3c2c(C(C)C)nn3-c2ccc(F)cc2)CC1. The number of halogens is 1. The summed E-state index contributed by atoms with van der Waals surface area (Å²) in [7, 11) is 0. The van der Waals surface area contributed by atoms with E-state index in [9.17, 15) is 14.3 Å². The second-order valence-corrected chi connectivity index (χ2v) is 8.64. The molecule has 4 rings (SSSR count). The Hall–Kier alpha value is -3.00. The van der Waals surface area contributed by atoms with Gasteiger partial charge in [0.05, 0.1) is 22.5 Å². The minimum atomic E-state index is -1.08. The standard InChI is InChI=1S/C24H30FN5O2/c1-4-10-28-11-5-12-29(14-13-28)20-15-19(24(31)32)26-23-21(20)22(16(2)3)27-30(23)18-8-6-17(25)7-9-18/h6-9,15-16H,4-5,10-14H2,1-3H3,(H,31,32). The van der Waals surface area contributed by atoms with Gasteiger partial charge in [-0.15, -0.1) is 0 Å². The van der Waals surface area contributed by atoms with Gasteiger partial charge in [0, 0.05) is 19.6 Å².